The Morgan fingerprint density at radius 1 is 1.20 bits per heavy atom. The molecule has 2 rings (SSSR count). The molecule has 0 aromatic rings. The molecule has 2 fully saturated rings. The van der Waals surface area contributed by atoms with Crippen molar-refractivity contribution in [3.63, 3.8) is 0 Å². The lowest BCUT2D eigenvalue weighted by Gasteiger charge is -2.51. The van der Waals surface area contributed by atoms with E-state index in [2.05, 4.69) is 13.8 Å². The second kappa shape index (κ2) is 3.42. The fourth-order valence-electron chi connectivity index (χ4n) is 2.98. The molecular formula is C11H21NO3. The molecular weight excluding hydrogens is 194 g/mol. The Morgan fingerprint density at radius 2 is 1.80 bits per heavy atom. The molecule has 1 heterocycles. The van der Waals surface area contributed by atoms with E-state index in [-0.39, 0.29) is 12.0 Å². The van der Waals surface area contributed by atoms with Crippen LogP contribution >= 0.6 is 0 Å². The molecule has 0 amide bonds. The lowest BCUT2D eigenvalue weighted by molar-refractivity contribution is -0.255. The summed E-state index contributed by atoms with van der Waals surface area (Å²) in [5.41, 5.74) is 5.52. The first-order chi connectivity index (χ1) is 6.93. The average Bonchev–Trinajstić information content (AvgIpc) is 2.62. The molecule has 2 aliphatic rings. The van der Waals surface area contributed by atoms with Crippen LogP contribution in [0.2, 0.25) is 0 Å². The van der Waals surface area contributed by atoms with Crippen LogP contribution in [-0.4, -0.2) is 36.3 Å². The fraction of sp³-hybridized carbons (Fsp3) is 1.00. The van der Waals surface area contributed by atoms with E-state index in [0.717, 1.165) is 19.3 Å². The van der Waals surface area contributed by atoms with Crippen molar-refractivity contribution in [1.82, 2.24) is 0 Å². The van der Waals surface area contributed by atoms with Gasteiger partial charge < -0.3 is 20.3 Å². The van der Waals surface area contributed by atoms with Crippen LogP contribution < -0.4 is 5.73 Å². The van der Waals surface area contributed by atoms with Gasteiger partial charge in [0.1, 0.15) is 0 Å². The van der Waals surface area contributed by atoms with Gasteiger partial charge in [0.15, 0.2) is 5.79 Å². The van der Waals surface area contributed by atoms with Gasteiger partial charge in [-0.25, -0.2) is 0 Å². The Morgan fingerprint density at radius 3 is 2.27 bits per heavy atom. The van der Waals surface area contributed by atoms with Crippen LogP contribution in [-0.2, 0) is 9.47 Å². The van der Waals surface area contributed by atoms with E-state index in [1.165, 1.54) is 0 Å². The van der Waals surface area contributed by atoms with Gasteiger partial charge in [-0.1, -0.05) is 13.8 Å². The molecule has 1 aliphatic heterocycles. The van der Waals surface area contributed by atoms with Crippen molar-refractivity contribution in [2.45, 2.75) is 44.4 Å². The molecule has 1 unspecified atom stereocenters. The Bertz CT molecular complexity index is 248. The molecule has 0 aromatic carbocycles. The Balaban J connectivity index is 2.19. The summed E-state index contributed by atoms with van der Waals surface area (Å²) in [5.74, 6) is -0.467. The van der Waals surface area contributed by atoms with Crippen molar-refractivity contribution in [2.75, 3.05) is 19.8 Å². The minimum atomic E-state index is -0.468. The molecule has 1 saturated carbocycles. The first-order valence-electron chi connectivity index (χ1n) is 5.61. The van der Waals surface area contributed by atoms with Crippen LogP contribution in [0, 0.1) is 5.41 Å². The predicted octanol–water partition coefficient (Wildman–Crippen LogP) is 0.629. The topological polar surface area (TPSA) is 64.7 Å². The third kappa shape index (κ3) is 1.69. The van der Waals surface area contributed by atoms with Gasteiger partial charge in [-0.05, 0) is 12.8 Å². The fourth-order valence-corrected chi connectivity index (χ4v) is 2.98. The van der Waals surface area contributed by atoms with Crippen LogP contribution in [0.4, 0.5) is 0 Å². The number of aliphatic hydroxyl groups excluding tert-OH is 1. The van der Waals surface area contributed by atoms with E-state index in [1.54, 1.807) is 0 Å². The van der Waals surface area contributed by atoms with Gasteiger partial charge >= 0.3 is 0 Å². The Kier molecular flexibility index (Phi) is 2.58. The minimum absolute atomic E-state index is 0.0342. The molecule has 4 heteroatoms. The number of ether oxygens (including phenoxy) is 2. The molecule has 1 spiro atoms. The molecule has 0 bridgehead atoms. The maximum Gasteiger partial charge on any atom is 0.173 e. The average molecular weight is 215 g/mol. The lowest BCUT2D eigenvalue weighted by Crippen LogP contribution is -2.60. The van der Waals surface area contributed by atoms with Gasteiger partial charge in [0.05, 0.1) is 19.8 Å². The van der Waals surface area contributed by atoms with Crippen LogP contribution in [0.1, 0.15) is 33.1 Å². The van der Waals surface area contributed by atoms with Crippen LogP contribution in [0.3, 0.4) is 0 Å². The second-order valence-electron chi connectivity index (χ2n) is 5.53. The van der Waals surface area contributed by atoms with Gasteiger partial charge in [-0.3, -0.25) is 0 Å². The molecule has 1 aliphatic carbocycles. The van der Waals surface area contributed by atoms with E-state index in [1.807, 2.05) is 0 Å². The molecule has 3 N–H and O–H groups in total. The number of hydrogen-bond donors (Lipinski definition) is 2. The van der Waals surface area contributed by atoms with Gasteiger partial charge in [0.25, 0.3) is 0 Å². The van der Waals surface area contributed by atoms with Gasteiger partial charge in [-0.2, -0.15) is 0 Å². The summed E-state index contributed by atoms with van der Waals surface area (Å²) in [6.07, 6.45) is 2.26. The number of hydrogen-bond acceptors (Lipinski definition) is 4. The van der Waals surface area contributed by atoms with E-state index in [0.29, 0.717) is 13.2 Å². The highest BCUT2D eigenvalue weighted by atomic mass is 16.7. The normalized spacial score (nSPS) is 38.4. The van der Waals surface area contributed by atoms with Crippen LogP contribution in [0.25, 0.3) is 0 Å². The molecule has 0 radical (unpaired) electrons. The van der Waals surface area contributed by atoms with E-state index in [4.69, 9.17) is 15.2 Å². The molecule has 1 atom stereocenters. The van der Waals surface area contributed by atoms with Gasteiger partial charge in [0.2, 0.25) is 0 Å². The quantitative estimate of drug-likeness (QED) is 0.673. The molecule has 15 heavy (non-hydrogen) atoms. The SMILES string of the molecule is CC1(C)CC(N)(CO)CCC12OCCO2. The lowest BCUT2D eigenvalue weighted by atomic mass is 9.65. The number of nitrogens with two attached hydrogens (primary N) is 1. The van der Waals surface area contributed by atoms with Crippen molar-refractivity contribution < 1.29 is 14.6 Å². The predicted molar refractivity (Wildman–Crippen MR) is 56.3 cm³/mol. The number of rotatable bonds is 1. The van der Waals surface area contributed by atoms with Crippen molar-refractivity contribution in [2.24, 2.45) is 11.1 Å². The highest BCUT2D eigenvalue weighted by Crippen LogP contribution is 2.51. The minimum Gasteiger partial charge on any atom is -0.394 e. The third-order valence-electron chi connectivity index (χ3n) is 3.85. The summed E-state index contributed by atoms with van der Waals surface area (Å²) in [7, 11) is 0. The molecule has 1 saturated heterocycles. The highest BCUT2D eigenvalue weighted by Gasteiger charge is 2.56. The van der Waals surface area contributed by atoms with E-state index in [9.17, 15) is 5.11 Å². The Labute approximate surface area is 90.7 Å². The summed E-state index contributed by atoms with van der Waals surface area (Å²) >= 11 is 0. The summed E-state index contributed by atoms with van der Waals surface area (Å²) < 4.78 is 11.6. The zero-order valence-electron chi connectivity index (χ0n) is 9.58. The van der Waals surface area contributed by atoms with Crippen molar-refractivity contribution in [3.8, 4) is 0 Å². The van der Waals surface area contributed by atoms with Crippen molar-refractivity contribution >= 4 is 0 Å². The largest absolute Gasteiger partial charge is 0.394 e. The van der Waals surface area contributed by atoms with Gasteiger partial charge in [0, 0.05) is 17.4 Å². The summed E-state index contributed by atoms with van der Waals surface area (Å²) in [5, 5.41) is 9.31. The number of aliphatic hydroxyl groups is 1. The summed E-state index contributed by atoms with van der Waals surface area (Å²) in [4.78, 5) is 0. The van der Waals surface area contributed by atoms with Gasteiger partial charge in [-0.15, -0.1) is 0 Å². The maximum atomic E-state index is 9.31. The monoisotopic (exact) mass is 215 g/mol. The van der Waals surface area contributed by atoms with Crippen molar-refractivity contribution in [1.29, 1.82) is 0 Å². The third-order valence-corrected chi connectivity index (χ3v) is 3.85. The first kappa shape index (κ1) is 11.3. The zero-order chi connectivity index (χ0) is 11.2. The second-order valence-corrected chi connectivity index (χ2v) is 5.53. The first-order valence-corrected chi connectivity index (χ1v) is 5.61. The Hall–Kier alpha value is -0.160. The summed E-state index contributed by atoms with van der Waals surface area (Å²) in [6.45, 7) is 5.58. The highest BCUT2D eigenvalue weighted by molar-refractivity contribution is 5.03. The summed E-state index contributed by atoms with van der Waals surface area (Å²) in [6, 6.07) is 0. The zero-order valence-corrected chi connectivity index (χ0v) is 9.58. The smallest absolute Gasteiger partial charge is 0.173 e. The molecule has 88 valence electrons. The maximum absolute atomic E-state index is 9.31. The van der Waals surface area contributed by atoms with Crippen LogP contribution in [0.15, 0.2) is 0 Å². The van der Waals surface area contributed by atoms with Crippen LogP contribution in [0.5, 0.6) is 0 Å². The van der Waals surface area contributed by atoms with E-state index < -0.39 is 11.3 Å². The van der Waals surface area contributed by atoms with Crippen molar-refractivity contribution in [3.05, 3.63) is 0 Å². The standard InChI is InChI=1S/C11H21NO3/c1-9(2)7-10(12,8-13)3-4-11(9)14-5-6-15-11/h13H,3-8,12H2,1-2H3. The molecule has 0 aromatic heterocycles. The molecule has 4 nitrogen and oxygen atoms in total. The van der Waals surface area contributed by atoms with E-state index >= 15 is 0 Å².